The maximum absolute atomic E-state index is 13.5. The molecule has 4 amide bonds. The fraction of sp³-hybridized carbons (Fsp3) is 0.481. The van der Waals surface area contributed by atoms with Gasteiger partial charge in [-0.15, -0.1) is 0 Å². The molecule has 1 heterocycles. The van der Waals surface area contributed by atoms with E-state index in [2.05, 4.69) is 25.9 Å². The molecule has 1 aromatic heterocycles. The standard InChI is InChI=1S/C27H41N9O6/c1-14(2)22(26(41)42)36-25(40)20(12-15-13-33-18-7-4-3-6-16(15)18)35-24(39)19(8-5-11-32-27(30)31)34-23(38)17(28)9-10-21(29)37/h3-4,6-7,13-14,17,19-20,22,33H,5,8-12,28H2,1-2H3,(H2,29,37)(H,34,38)(H,35,39)(H,36,40)(H,41,42)(H4,30,31,32). The summed E-state index contributed by atoms with van der Waals surface area (Å²) in [6.07, 6.45) is 1.96. The fourth-order valence-electron chi connectivity index (χ4n) is 4.25. The van der Waals surface area contributed by atoms with Crippen molar-refractivity contribution >= 4 is 46.5 Å². The van der Waals surface area contributed by atoms with E-state index in [0.29, 0.717) is 12.0 Å². The number of hydrogen-bond acceptors (Lipinski definition) is 7. The Hall–Kier alpha value is -4.66. The van der Waals surface area contributed by atoms with Crippen LogP contribution in [0.4, 0.5) is 0 Å². The summed E-state index contributed by atoms with van der Waals surface area (Å²) >= 11 is 0. The highest BCUT2D eigenvalue weighted by atomic mass is 16.4. The van der Waals surface area contributed by atoms with Crippen LogP contribution in [0.2, 0.25) is 0 Å². The Kier molecular flexibility index (Phi) is 12.7. The van der Waals surface area contributed by atoms with Crippen molar-refractivity contribution in [1.82, 2.24) is 20.9 Å². The van der Waals surface area contributed by atoms with E-state index in [4.69, 9.17) is 22.9 Å². The van der Waals surface area contributed by atoms with Gasteiger partial charge in [0.05, 0.1) is 6.04 Å². The van der Waals surface area contributed by atoms with Crippen molar-refractivity contribution < 1.29 is 29.1 Å². The zero-order chi connectivity index (χ0) is 31.4. The first kappa shape index (κ1) is 33.5. The molecule has 4 atom stereocenters. The number of aromatic amines is 1. The number of nitrogens with zero attached hydrogens (tertiary/aromatic N) is 1. The van der Waals surface area contributed by atoms with E-state index >= 15 is 0 Å². The van der Waals surface area contributed by atoms with Crippen LogP contribution in [0, 0.1) is 5.92 Å². The molecule has 1 aromatic carbocycles. The minimum absolute atomic E-state index is 0.0266. The van der Waals surface area contributed by atoms with Crippen molar-refractivity contribution in [3.8, 4) is 0 Å². The molecule has 15 nitrogen and oxygen atoms in total. The predicted octanol–water partition coefficient (Wildman–Crippen LogP) is -1.45. The highest BCUT2D eigenvalue weighted by Crippen LogP contribution is 2.19. The van der Waals surface area contributed by atoms with E-state index in [1.807, 2.05) is 24.3 Å². The smallest absolute Gasteiger partial charge is 0.326 e. The summed E-state index contributed by atoms with van der Waals surface area (Å²) in [6, 6.07) is 2.73. The predicted molar refractivity (Wildman–Crippen MR) is 157 cm³/mol. The lowest BCUT2D eigenvalue weighted by Crippen LogP contribution is -2.58. The summed E-state index contributed by atoms with van der Waals surface area (Å²) in [4.78, 5) is 69.5. The van der Waals surface area contributed by atoms with Crippen LogP contribution >= 0.6 is 0 Å². The van der Waals surface area contributed by atoms with Crippen LogP contribution in [-0.2, 0) is 30.4 Å². The molecule has 2 rings (SSSR count). The summed E-state index contributed by atoms with van der Waals surface area (Å²) in [5.74, 6) is -4.52. The zero-order valence-corrected chi connectivity index (χ0v) is 23.8. The van der Waals surface area contributed by atoms with Gasteiger partial charge < -0.3 is 49.0 Å². The van der Waals surface area contributed by atoms with Gasteiger partial charge in [0.2, 0.25) is 23.6 Å². The second-order valence-electron chi connectivity index (χ2n) is 10.3. The number of guanidine groups is 1. The Morgan fingerprint density at radius 3 is 2.19 bits per heavy atom. The van der Waals surface area contributed by atoms with Gasteiger partial charge in [0, 0.05) is 36.5 Å². The van der Waals surface area contributed by atoms with E-state index in [0.717, 1.165) is 10.9 Å². The largest absolute Gasteiger partial charge is 0.480 e. The number of aliphatic carboxylic acids is 1. The lowest BCUT2D eigenvalue weighted by molar-refractivity contribution is -0.143. The SMILES string of the molecule is CC(C)C(NC(=O)C(Cc1c[nH]c2ccccc12)NC(=O)C(CCCN=C(N)N)NC(=O)C(N)CCC(N)=O)C(=O)O. The molecular weight excluding hydrogens is 546 g/mol. The first-order chi connectivity index (χ1) is 19.8. The van der Waals surface area contributed by atoms with Gasteiger partial charge in [-0.1, -0.05) is 32.0 Å². The van der Waals surface area contributed by atoms with Gasteiger partial charge in [0.15, 0.2) is 5.96 Å². The molecule has 4 unspecified atom stereocenters. The molecule has 230 valence electrons. The molecule has 0 spiro atoms. The Bertz CT molecular complexity index is 1290. The maximum Gasteiger partial charge on any atom is 0.326 e. The normalized spacial score (nSPS) is 13.9. The van der Waals surface area contributed by atoms with Gasteiger partial charge in [-0.2, -0.15) is 0 Å². The van der Waals surface area contributed by atoms with Gasteiger partial charge in [-0.05, 0) is 36.8 Å². The van der Waals surface area contributed by atoms with E-state index in [1.54, 1.807) is 20.0 Å². The molecule has 13 N–H and O–H groups in total. The molecule has 0 saturated heterocycles. The number of primary amides is 1. The van der Waals surface area contributed by atoms with E-state index in [9.17, 15) is 29.1 Å². The first-order valence-corrected chi connectivity index (χ1v) is 13.6. The maximum atomic E-state index is 13.5. The molecule has 2 aromatic rings. The molecule has 0 saturated carbocycles. The number of amides is 4. The van der Waals surface area contributed by atoms with Crippen molar-refractivity contribution in [2.75, 3.05) is 6.54 Å². The summed E-state index contributed by atoms with van der Waals surface area (Å²) in [6.45, 7) is 3.47. The lowest BCUT2D eigenvalue weighted by Gasteiger charge is -2.26. The van der Waals surface area contributed by atoms with E-state index in [1.165, 1.54) is 0 Å². The van der Waals surface area contributed by atoms with Gasteiger partial charge in [-0.25, -0.2) is 4.79 Å². The van der Waals surface area contributed by atoms with Gasteiger partial charge in [-0.3, -0.25) is 24.2 Å². The molecule has 0 fully saturated rings. The summed E-state index contributed by atoms with van der Waals surface area (Å²) in [5.41, 5.74) is 23.3. The van der Waals surface area contributed by atoms with Crippen LogP contribution in [0.25, 0.3) is 10.9 Å². The minimum Gasteiger partial charge on any atom is -0.480 e. The zero-order valence-electron chi connectivity index (χ0n) is 23.8. The van der Waals surface area contributed by atoms with Crippen molar-refractivity contribution in [3.05, 3.63) is 36.0 Å². The Labute approximate surface area is 243 Å². The first-order valence-electron chi connectivity index (χ1n) is 13.6. The highest BCUT2D eigenvalue weighted by Gasteiger charge is 2.32. The molecule has 15 heteroatoms. The third kappa shape index (κ3) is 10.4. The minimum atomic E-state index is -1.22. The van der Waals surface area contributed by atoms with Crippen molar-refractivity contribution in [2.24, 2.45) is 33.8 Å². The number of carboxylic acids is 1. The number of H-pyrrole nitrogens is 1. The monoisotopic (exact) mass is 587 g/mol. The summed E-state index contributed by atoms with van der Waals surface area (Å²) in [5, 5.41) is 18.2. The van der Waals surface area contributed by atoms with Crippen LogP contribution in [-0.4, -0.2) is 76.4 Å². The average Bonchev–Trinajstić information content (AvgIpc) is 3.33. The third-order valence-electron chi connectivity index (χ3n) is 6.58. The fourth-order valence-corrected chi connectivity index (χ4v) is 4.25. The topological polar surface area (TPSA) is 274 Å². The van der Waals surface area contributed by atoms with Gasteiger partial charge >= 0.3 is 5.97 Å². The second-order valence-corrected chi connectivity index (χ2v) is 10.3. The molecule has 0 bridgehead atoms. The van der Waals surface area contributed by atoms with Crippen LogP contribution in [0.5, 0.6) is 0 Å². The number of aliphatic imine (C=N–C) groups is 1. The lowest BCUT2D eigenvalue weighted by atomic mass is 10.0. The average molecular weight is 588 g/mol. The number of fused-ring (bicyclic) bond motifs is 1. The Morgan fingerprint density at radius 1 is 0.929 bits per heavy atom. The number of carbonyl (C=O) groups excluding carboxylic acids is 4. The number of aromatic nitrogens is 1. The van der Waals surface area contributed by atoms with Gasteiger partial charge in [0.1, 0.15) is 18.1 Å². The molecule has 0 aliphatic carbocycles. The summed E-state index contributed by atoms with van der Waals surface area (Å²) in [7, 11) is 0. The van der Waals surface area contributed by atoms with Crippen LogP contribution < -0.4 is 38.9 Å². The van der Waals surface area contributed by atoms with Crippen LogP contribution in [0.15, 0.2) is 35.5 Å². The number of para-hydroxylation sites is 1. The number of carboxylic acid groups (broad SMARTS) is 1. The Balaban J connectivity index is 2.32. The van der Waals surface area contributed by atoms with Crippen molar-refractivity contribution in [1.29, 1.82) is 0 Å². The summed E-state index contributed by atoms with van der Waals surface area (Å²) < 4.78 is 0. The Morgan fingerprint density at radius 2 is 1.57 bits per heavy atom. The van der Waals surface area contributed by atoms with Crippen molar-refractivity contribution in [3.63, 3.8) is 0 Å². The number of rotatable bonds is 17. The van der Waals surface area contributed by atoms with E-state index in [-0.39, 0.29) is 38.2 Å². The number of nitrogens with one attached hydrogen (secondary N) is 4. The van der Waals surface area contributed by atoms with Crippen molar-refractivity contribution in [2.45, 2.75) is 70.1 Å². The third-order valence-corrected chi connectivity index (χ3v) is 6.58. The number of benzene rings is 1. The van der Waals surface area contributed by atoms with E-state index < -0.39 is 59.7 Å². The molecule has 0 aliphatic heterocycles. The van der Waals surface area contributed by atoms with Gasteiger partial charge in [0.25, 0.3) is 0 Å². The number of nitrogens with two attached hydrogens (primary N) is 4. The van der Waals surface area contributed by atoms with Crippen LogP contribution in [0.3, 0.4) is 0 Å². The number of hydrogen-bond donors (Lipinski definition) is 9. The molecule has 0 aliphatic rings. The van der Waals surface area contributed by atoms with Crippen LogP contribution in [0.1, 0.15) is 45.1 Å². The molecule has 42 heavy (non-hydrogen) atoms. The quantitative estimate of drug-likeness (QED) is 0.0594. The molecular formula is C27H41N9O6. The highest BCUT2D eigenvalue weighted by molar-refractivity contribution is 5.95. The number of carbonyl (C=O) groups is 5. The molecule has 0 radical (unpaired) electrons. The second kappa shape index (κ2) is 16.0.